The molecule has 3 heteroatoms. The summed E-state index contributed by atoms with van der Waals surface area (Å²) in [5, 5.41) is 12.3. The minimum Gasteiger partial charge on any atom is -0.497 e. The molecular weight excluding hydrogens is 212 g/mol. The second kappa shape index (κ2) is 5.70. The zero-order valence-corrected chi connectivity index (χ0v) is 10.9. The lowest BCUT2D eigenvalue weighted by atomic mass is 9.95. The van der Waals surface area contributed by atoms with Crippen molar-refractivity contribution in [1.29, 1.82) is 5.26 Å². The van der Waals surface area contributed by atoms with Gasteiger partial charge < -0.3 is 10.1 Å². The summed E-state index contributed by atoms with van der Waals surface area (Å²) in [5.41, 5.74) is 0.861. The van der Waals surface area contributed by atoms with Crippen LogP contribution in [-0.4, -0.2) is 13.7 Å². The van der Waals surface area contributed by atoms with Crippen LogP contribution in [0.15, 0.2) is 24.3 Å². The van der Waals surface area contributed by atoms with Crippen LogP contribution in [0.2, 0.25) is 0 Å². The maximum atomic E-state index is 8.94. The lowest BCUT2D eigenvalue weighted by Gasteiger charge is -2.20. The number of benzene rings is 1. The molecule has 1 unspecified atom stereocenters. The van der Waals surface area contributed by atoms with Crippen LogP contribution >= 0.6 is 0 Å². The standard InChI is InChI=1S/C14H20N2O/c1-11(16-10-14(2,3)9-15)12-5-7-13(17-4)8-6-12/h5-8,11,16H,10H2,1-4H3. The lowest BCUT2D eigenvalue weighted by Crippen LogP contribution is -2.30. The predicted octanol–water partition coefficient (Wildman–Crippen LogP) is 2.90. The third-order valence-electron chi connectivity index (χ3n) is 2.77. The van der Waals surface area contributed by atoms with Crippen LogP contribution in [0.3, 0.4) is 0 Å². The first-order valence-electron chi connectivity index (χ1n) is 5.77. The van der Waals surface area contributed by atoms with Gasteiger partial charge in [-0.1, -0.05) is 12.1 Å². The highest BCUT2D eigenvalue weighted by Gasteiger charge is 2.17. The molecule has 0 spiro atoms. The number of hydrogen-bond donors (Lipinski definition) is 1. The van der Waals surface area contributed by atoms with Gasteiger partial charge in [0.05, 0.1) is 18.6 Å². The average molecular weight is 232 g/mol. The Balaban J connectivity index is 2.58. The van der Waals surface area contributed by atoms with Crippen molar-refractivity contribution in [1.82, 2.24) is 5.32 Å². The van der Waals surface area contributed by atoms with Crippen molar-refractivity contribution in [2.45, 2.75) is 26.8 Å². The van der Waals surface area contributed by atoms with Crippen LogP contribution in [0, 0.1) is 16.7 Å². The summed E-state index contributed by atoms with van der Waals surface area (Å²) in [5.74, 6) is 0.860. The molecule has 0 amide bonds. The SMILES string of the molecule is COc1ccc(C(C)NCC(C)(C)C#N)cc1. The Labute approximate surface area is 103 Å². The fourth-order valence-electron chi connectivity index (χ4n) is 1.46. The molecule has 0 fully saturated rings. The van der Waals surface area contributed by atoms with Gasteiger partial charge >= 0.3 is 0 Å². The van der Waals surface area contributed by atoms with E-state index in [1.54, 1.807) is 7.11 Å². The summed E-state index contributed by atoms with van der Waals surface area (Å²) < 4.78 is 5.12. The summed E-state index contributed by atoms with van der Waals surface area (Å²) in [6.45, 7) is 6.63. The third-order valence-corrected chi connectivity index (χ3v) is 2.77. The summed E-state index contributed by atoms with van der Waals surface area (Å²) in [6.07, 6.45) is 0. The molecule has 1 rings (SSSR count). The summed E-state index contributed by atoms with van der Waals surface area (Å²) in [7, 11) is 1.66. The van der Waals surface area contributed by atoms with Gasteiger partial charge in [0.2, 0.25) is 0 Å². The summed E-state index contributed by atoms with van der Waals surface area (Å²) in [4.78, 5) is 0. The van der Waals surface area contributed by atoms with Gasteiger partial charge in [-0.25, -0.2) is 0 Å². The molecule has 3 nitrogen and oxygen atoms in total. The number of nitrogens with one attached hydrogen (secondary N) is 1. The highest BCUT2D eigenvalue weighted by molar-refractivity contribution is 5.28. The van der Waals surface area contributed by atoms with Crippen molar-refractivity contribution in [2.24, 2.45) is 5.41 Å². The van der Waals surface area contributed by atoms with E-state index in [1.165, 1.54) is 5.56 Å². The number of methoxy groups -OCH3 is 1. The van der Waals surface area contributed by atoms with Crippen LogP contribution in [0.1, 0.15) is 32.4 Å². The van der Waals surface area contributed by atoms with Crippen LogP contribution in [0.4, 0.5) is 0 Å². The molecule has 1 atom stereocenters. The maximum Gasteiger partial charge on any atom is 0.118 e. The Morgan fingerprint density at radius 2 is 1.94 bits per heavy atom. The first kappa shape index (κ1) is 13.5. The largest absolute Gasteiger partial charge is 0.497 e. The molecule has 1 aromatic carbocycles. The van der Waals surface area contributed by atoms with Crippen molar-refractivity contribution >= 4 is 0 Å². The number of nitrogens with zero attached hydrogens (tertiary/aromatic N) is 1. The Morgan fingerprint density at radius 3 is 2.41 bits per heavy atom. The van der Waals surface area contributed by atoms with Crippen molar-refractivity contribution in [3.8, 4) is 11.8 Å². The van der Waals surface area contributed by atoms with E-state index in [2.05, 4.69) is 18.3 Å². The van der Waals surface area contributed by atoms with E-state index in [4.69, 9.17) is 10.00 Å². The first-order chi connectivity index (χ1) is 7.98. The number of ether oxygens (including phenoxy) is 1. The molecule has 0 aliphatic rings. The van der Waals surface area contributed by atoms with Crippen molar-refractivity contribution in [2.75, 3.05) is 13.7 Å². The topological polar surface area (TPSA) is 45.0 Å². The molecule has 0 aliphatic carbocycles. The monoisotopic (exact) mass is 232 g/mol. The van der Waals surface area contributed by atoms with Crippen LogP contribution in [-0.2, 0) is 0 Å². The van der Waals surface area contributed by atoms with Crippen LogP contribution < -0.4 is 10.1 Å². The molecule has 0 bridgehead atoms. The van der Waals surface area contributed by atoms with Gasteiger partial charge in [0.25, 0.3) is 0 Å². The quantitative estimate of drug-likeness (QED) is 0.849. The number of rotatable bonds is 5. The van der Waals surface area contributed by atoms with Gasteiger partial charge in [0, 0.05) is 12.6 Å². The molecule has 17 heavy (non-hydrogen) atoms. The van der Waals surface area contributed by atoms with Crippen LogP contribution in [0.25, 0.3) is 0 Å². The number of nitriles is 1. The fourth-order valence-corrected chi connectivity index (χ4v) is 1.46. The highest BCUT2D eigenvalue weighted by atomic mass is 16.5. The molecule has 0 radical (unpaired) electrons. The normalized spacial score (nSPS) is 12.9. The minimum atomic E-state index is -0.333. The smallest absolute Gasteiger partial charge is 0.118 e. The second-order valence-corrected chi connectivity index (χ2v) is 4.87. The molecular formula is C14H20N2O. The van der Waals surface area contributed by atoms with E-state index < -0.39 is 0 Å². The van der Waals surface area contributed by atoms with Gasteiger partial charge in [0.15, 0.2) is 0 Å². The number of hydrogen-bond acceptors (Lipinski definition) is 3. The van der Waals surface area contributed by atoms with E-state index in [-0.39, 0.29) is 11.5 Å². The predicted molar refractivity (Wildman–Crippen MR) is 68.8 cm³/mol. The van der Waals surface area contributed by atoms with Gasteiger partial charge in [-0.2, -0.15) is 5.26 Å². The fraction of sp³-hybridized carbons (Fsp3) is 0.500. The Morgan fingerprint density at radius 1 is 1.35 bits per heavy atom. The molecule has 92 valence electrons. The van der Waals surface area contributed by atoms with Gasteiger partial charge in [-0.05, 0) is 38.5 Å². The zero-order valence-electron chi connectivity index (χ0n) is 10.9. The summed E-state index contributed by atoms with van der Waals surface area (Å²) in [6, 6.07) is 10.5. The van der Waals surface area contributed by atoms with E-state index in [0.29, 0.717) is 6.54 Å². The molecule has 0 heterocycles. The van der Waals surface area contributed by atoms with E-state index in [9.17, 15) is 0 Å². The molecule has 0 saturated carbocycles. The maximum absolute atomic E-state index is 8.94. The molecule has 0 aromatic heterocycles. The van der Waals surface area contributed by atoms with Gasteiger partial charge in [0.1, 0.15) is 5.75 Å². The highest BCUT2D eigenvalue weighted by Crippen LogP contribution is 2.19. The first-order valence-corrected chi connectivity index (χ1v) is 5.77. The van der Waals surface area contributed by atoms with E-state index in [1.807, 2.05) is 38.1 Å². The van der Waals surface area contributed by atoms with Crippen LogP contribution in [0.5, 0.6) is 5.75 Å². The summed E-state index contributed by atoms with van der Waals surface area (Å²) >= 11 is 0. The van der Waals surface area contributed by atoms with Crippen molar-refractivity contribution < 1.29 is 4.74 Å². The Hall–Kier alpha value is -1.53. The second-order valence-electron chi connectivity index (χ2n) is 4.87. The molecule has 0 saturated heterocycles. The van der Waals surface area contributed by atoms with E-state index in [0.717, 1.165) is 5.75 Å². The Bertz CT molecular complexity index is 390. The molecule has 1 N–H and O–H groups in total. The van der Waals surface area contributed by atoms with E-state index >= 15 is 0 Å². The van der Waals surface area contributed by atoms with Gasteiger partial charge in [-0.15, -0.1) is 0 Å². The lowest BCUT2D eigenvalue weighted by molar-refractivity contribution is 0.410. The zero-order chi connectivity index (χ0) is 12.9. The Kier molecular flexibility index (Phi) is 4.53. The molecule has 1 aromatic rings. The minimum absolute atomic E-state index is 0.230. The van der Waals surface area contributed by atoms with Crippen molar-refractivity contribution in [3.05, 3.63) is 29.8 Å². The molecule has 0 aliphatic heterocycles. The third kappa shape index (κ3) is 4.08. The van der Waals surface area contributed by atoms with Gasteiger partial charge in [-0.3, -0.25) is 0 Å². The van der Waals surface area contributed by atoms with Crippen molar-refractivity contribution in [3.63, 3.8) is 0 Å². The average Bonchev–Trinajstić information content (AvgIpc) is 2.36.